The molecular formula is C14H18N2O2. The Morgan fingerprint density at radius 1 is 1.22 bits per heavy atom. The average Bonchev–Trinajstić information content (AvgIpc) is 2.74. The van der Waals surface area contributed by atoms with Gasteiger partial charge in [0, 0.05) is 5.56 Å². The largest absolute Gasteiger partial charge is 0.369 e. The summed E-state index contributed by atoms with van der Waals surface area (Å²) in [5, 5.41) is 0. The number of carbonyl (C=O) groups excluding carboxylic acids is 2. The second-order valence-electron chi connectivity index (χ2n) is 4.90. The summed E-state index contributed by atoms with van der Waals surface area (Å²) in [6, 6.07) is 5.91. The summed E-state index contributed by atoms with van der Waals surface area (Å²) >= 11 is 0. The average molecular weight is 246 g/mol. The van der Waals surface area contributed by atoms with Crippen molar-refractivity contribution in [2.75, 3.05) is 20.1 Å². The highest BCUT2D eigenvalue weighted by Crippen LogP contribution is 2.23. The van der Waals surface area contributed by atoms with Gasteiger partial charge in [0.2, 0.25) is 5.91 Å². The summed E-state index contributed by atoms with van der Waals surface area (Å²) in [6.45, 7) is 0.332. The summed E-state index contributed by atoms with van der Waals surface area (Å²) in [7, 11) is 1.72. The molecule has 1 aliphatic carbocycles. The maximum Gasteiger partial charge on any atom is 0.231 e. The molecule has 0 bridgehead atoms. The Morgan fingerprint density at radius 2 is 1.94 bits per heavy atom. The van der Waals surface area contributed by atoms with Crippen molar-refractivity contribution >= 4 is 11.7 Å². The molecule has 0 spiro atoms. The highest BCUT2D eigenvalue weighted by atomic mass is 16.1. The lowest BCUT2D eigenvalue weighted by atomic mass is 10.0. The van der Waals surface area contributed by atoms with Gasteiger partial charge in [-0.1, -0.05) is 12.1 Å². The summed E-state index contributed by atoms with van der Waals surface area (Å²) in [5.74, 6) is -0.382. The third kappa shape index (κ3) is 2.96. The summed E-state index contributed by atoms with van der Waals surface area (Å²) in [6.07, 6.45) is 3.35. The third-order valence-corrected chi connectivity index (χ3v) is 3.26. The molecule has 0 saturated heterocycles. The predicted molar refractivity (Wildman–Crippen MR) is 69.5 cm³/mol. The van der Waals surface area contributed by atoms with Crippen LogP contribution in [0.5, 0.6) is 0 Å². The van der Waals surface area contributed by atoms with Gasteiger partial charge in [0.1, 0.15) is 0 Å². The molecule has 0 radical (unpaired) electrons. The second-order valence-corrected chi connectivity index (χ2v) is 4.90. The van der Waals surface area contributed by atoms with Crippen molar-refractivity contribution in [1.82, 2.24) is 4.90 Å². The number of benzene rings is 1. The molecule has 0 heterocycles. The van der Waals surface area contributed by atoms with Crippen LogP contribution in [-0.2, 0) is 17.6 Å². The minimum absolute atomic E-state index is 0.0356. The van der Waals surface area contributed by atoms with E-state index in [9.17, 15) is 9.59 Å². The Morgan fingerprint density at radius 3 is 2.67 bits per heavy atom. The highest BCUT2D eigenvalue weighted by molar-refractivity contribution is 5.98. The Kier molecular flexibility index (Phi) is 3.77. The van der Waals surface area contributed by atoms with E-state index in [4.69, 9.17) is 5.73 Å². The lowest BCUT2D eigenvalue weighted by molar-refractivity contribution is -0.118. The number of hydrogen-bond acceptors (Lipinski definition) is 3. The van der Waals surface area contributed by atoms with E-state index in [1.54, 1.807) is 11.9 Å². The van der Waals surface area contributed by atoms with E-state index in [2.05, 4.69) is 0 Å². The molecule has 1 aromatic carbocycles. The summed E-state index contributed by atoms with van der Waals surface area (Å²) in [5.41, 5.74) is 8.47. The molecule has 0 aliphatic heterocycles. The molecule has 0 atom stereocenters. The molecule has 1 aliphatic rings. The van der Waals surface area contributed by atoms with Gasteiger partial charge in [0.15, 0.2) is 5.78 Å². The van der Waals surface area contributed by atoms with Crippen molar-refractivity contribution in [1.29, 1.82) is 0 Å². The fourth-order valence-corrected chi connectivity index (χ4v) is 2.40. The normalized spacial score (nSPS) is 13.7. The van der Waals surface area contributed by atoms with Gasteiger partial charge in [0.05, 0.1) is 13.1 Å². The molecule has 1 amide bonds. The fourth-order valence-electron chi connectivity index (χ4n) is 2.40. The van der Waals surface area contributed by atoms with Crippen molar-refractivity contribution < 1.29 is 9.59 Å². The zero-order valence-corrected chi connectivity index (χ0v) is 10.6. The molecule has 2 N–H and O–H groups in total. The van der Waals surface area contributed by atoms with Gasteiger partial charge in [-0.2, -0.15) is 0 Å². The quantitative estimate of drug-likeness (QED) is 0.781. The van der Waals surface area contributed by atoms with Crippen molar-refractivity contribution in [3.05, 3.63) is 34.9 Å². The molecule has 96 valence electrons. The number of aryl methyl sites for hydroxylation is 2. The van der Waals surface area contributed by atoms with E-state index in [0.717, 1.165) is 18.4 Å². The van der Waals surface area contributed by atoms with Crippen LogP contribution in [0.2, 0.25) is 0 Å². The monoisotopic (exact) mass is 246 g/mol. The summed E-state index contributed by atoms with van der Waals surface area (Å²) < 4.78 is 0. The third-order valence-electron chi connectivity index (χ3n) is 3.26. The zero-order valence-electron chi connectivity index (χ0n) is 10.6. The molecule has 0 saturated carbocycles. The first-order valence-corrected chi connectivity index (χ1v) is 6.18. The van der Waals surface area contributed by atoms with Gasteiger partial charge in [-0.15, -0.1) is 0 Å². The van der Waals surface area contributed by atoms with Crippen molar-refractivity contribution in [2.24, 2.45) is 5.73 Å². The van der Waals surface area contributed by atoms with E-state index in [0.29, 0.717) is 0 Å². The van der Waals surface area contributed by atoms with Crippen LogP contribution in [0, 0.1) is 0 Å². The lowest BCUT2D eigenvalue weighted by Gasteiger charge is -2.13. The van der Waals surface area contributed by atoms with Crippen LogP contribution < -0.4 is 5.73 Å². The number of nitrogens with two attached hydrogens (primary N) is 1. The second kappa shape index (κ2) is 5.31. The van der Waals surface area contributed by atoms with Gasteiger partial charge < -0.3 is 5.73 Å². The van der Waals surface area contributed by atoms with Crippen molar-refractivity contribution in [3.8, 4) is 0 Å². The SMILES string of the molecule is CN(CC(N)=O)CC(=O)c1ccc2c(c1)CCC2. The standard InChI is InChI=1S/C14H18N2O2/c1-16(9-14(15)18)8-13(17)12-6-5-10-3-2-4-11(10)7-12/h5-7H,2-4,8-9H2,1H3,(H2,15,18). The molecule has 2 rings (SSSR count). The Labute approximate surface area is 107 Å². The minimum Gasteiger partial charge on any atom is -0.369 e. The molecule has 1 aromatic rings. The number of rotatable bonds is 5. The number of nitrogens with zero attached hydrogens (tertiary/aromatic N) is 1. The number of amides is 1. The van der Waals surface area contributed by atoms with Gasteiger partial charge in [-0.3, -0.25) is 14.5 Å². The van der Waals surface area contributed by atoms with Crippen LogP contribution in [0.4, 0.5) is 0 Å². The van der Waals surface area contributed by atoms with E-state index in [1.807, 2.05) is 18.2 Å². The van der Waals surface area contributed by atoms with E-state index in [-0.39, 0.29) is 18.9 Å². The summed E-state index contributed by atoms with van der Waals surface area (Å²) in [4.78, 5) is 24.4. The predicted octanol–water partition coefficient (Wildman–Crippen LogP) is 0.775. The van der Waals surface area contributed by atoms with Crippen LogP contribution in [-0.4, -0.2) is 36.7 Å². The van der Waals surface area contributed by atoms with Crippen molar-refractivity contribution in [2.45, 2.75) is 19.3 Å². The first kappa shape index (κ1) is 12.8. The topological polar surface area (TPSA) is 63.4 Å². The van der Waals surface area contributed by atoms with Gasteiger partial charge in [-0.05, 0) is 43.5 Å². The maximum atomic E-state index is 12.0. The molecule has 0 unspecified atom stereocenters. The number of ketones is 1. The van der Waals surface area contributed by atoms with Gasteiger partial charge in [-0.25, -0.2) is 0 Å². The van der Waals surface area contributed by atoms with Gasteiger partial charge in [0.25, 0.3) is 0 Å². The number of likely N-dealkylation sites (N-methyl/N-ethyl adjacent to an activating group) is 1. The van der Waals surface area contributed by atoms with Crippen LogP contribution >= 0.6 is 0 Å². The Hall–Kier alpha value is -1.68. The van der Waals surface area contributed by atoms with Crippen LogP contribution in [0.25, 0.3) is 0 Å². The van der Waals surface area contributed by atoms with E-state index in [1.165, 1.54) is 17.5 Å². The lowest BCUT2D eigenvalue weighted by Crippen LogP contribution is -2.34. The molecule has 4 heteroatoms. The maximum absolute atomic E-state index is 12.0. The first-order chi connectivity index (χ1) is 8.56. The first-order valence-electron chi connectivity index (χ1n) is 6.18. The molecule has 4 nitrogen and oxygen atoms in total. The van der Waals surface area contributed by atoms with E-state index < -0.39 is 5.91 Å². The highest BCUT2D eigenvalue weighted by Gasteiger charge is 2.15. The molecule has 0 fully saturated rings. The minimum atomic E-state index is -0.417. The smallest absolute Gasteiger partial charge is 0.231 e. The number of primary amides is 1. The molecular weight excluding hydrogens is 228 g/mol. The number of hydrogen-bond donors (Lipinski definition) is 1. The molecule has 0 aromatic heterocycles. The molecule has 18 heavy (non-hydrogen) atoms. The van der Waals surface area contributed by atoms with Gasteiger partial charge >= 0.3 is 0 Å². The number of carbonyl (C=O) groups is 2. The number of Topliss-reactive ketones (excluding diaryl/α,β-unsaturated/α-hetero) is 1. The zero-order chi connectivity index (χ0) is 13.1. The Balaban J connectivity index is 2.03. The Bertz CT molecular complexity index is 483. The van der Waals surface area contributed by atoms with Crippen LogP contribution in [0.15, 0.2) is 18.2 Å². The van der Waals surface area contributed by atoms with Crippen LogP contribution in [0.3, 0.4) is 0 Å². The van der Waals surface area contributed by atoms with E-state index >= 15 is 0 Å². The number of fused-ring (bicyclic) bond motifs is 1. The fraction of sp³-hybridized carbons (Fsp3) is 0.429. The van der Waals surface area contributed by atoms with Crippen molar-refractivity contribution in [3.63, 3.8) is 0 Å². The van der Waals surface area contributed by atoms with Crippen LogP contribution in [0.1, 0.15) is 27.9 Å².